The SMILES string of the molecule is COc1ccc(CNC(=O)c2ccc(N3CCN(C)CC3)cn2)cc1OC. The van der Waals surface area contributed by atoms with E-state index in [0.29, 0.717) is 23.7 Å². The quantitative estimate of drug-likeness (QED) is 0.836. The number of piperazine rings is 1. The molecule has 27 heavy (non-hydrogen) atoms. The second-order valence-corrected chi connectivity index (χ2v) is 6.56. The first-order chi connectivity index (χ1) is 13.1. The van der Waals surface area contributed by atoms with Crippen LogP contribution in [0.4, 0.5) is 5.69 Å². The number of likely N-dealkylation sites (N-methyl/N-ethyl adjacent to an activating group) is 1. The molecule has 1 amide bonds. The van der Waals surface area contributed by atoms with Crippen LogP contribution in [0.3, 0.4) is 0 Å². The zero-order valence-corrected chi connectivity index (χ0v) is 16.1. The largest absolute Gasteiger partial charge is 0.493 e. The highest BCUT2D eigenvalue weighted by Gasteiger charge is 2.15. The van der Waals surface area contributed by atoms with Crippen molar-refractivity contribution in [2.75, 3.05) is 52.3 Å². The number of methoxy groups -OCH3 is 2. The standard InChI is InChI=1S/C20H26N4O3/c1-23-8-10-24(11-9-23)16-5-6-17(21-14-16)20(25)22-13-15-4-7-18(26-2)19(12-15)27-3/h4-7,12,14H,8-11,13H2,1-3H3,(H,22,25). The van der Waals surface area contributed by atoms with Crippen molar-refractivity contribution in [1.29, 1.82) is 0 Å². The summed E-state index contributed by atoms with van der Waals surface area (Å²) in [4.78, 5) is 21.3. The molecule has 1 aliphatic rings. The number of carbonyl (C=O) groups excluding carboxylic acids is 1. The third kappa shape index (κ3) is 4.68. The van der Waals surface area contributed by atoms with Crippen molar-refractivity contribution in [3.8, 4) is 11.5 Å². The molecule has 0 atom stereocenters. The van der Waals surface area contributed by atoms with Crippen molar-refractivity contribution in [2.45, 2.75) is 6.54 Å². The summed E-state index contributed by atoms with van der Waals surface area (Å²) in [6.45, 7) is 4.41. The molecule has 1 fully saturated rings. The van der Waals surface area contributed by atoms with Gasteiger partial charge >= 0.3 is 0 Å². The van der Waals surface area contributed by atoms with Crippen molar-refractivity contribution >= 4 is 11.6 Å². The van der Waals surface area contributed by atoms with Gasteiger partial charge in [-0.15, -0.1) is 0 Å². The number of amides is 1. The number of nitrogens with one attached hydrogen (secondary N) is 1. The molecule has 0 bridgehead atoms. The number of hydrogen-bond acceptors (Lipinski definition) is 6. The number of pyridine rings is 1. The highest BCUT2D eigenvalue weighted by atomic mass is 16.5. The van der Waals surface area contributed by atoms with Gasteiger partial charge in [0, 0.05) is 32.7 Å². The fraction of sp³-hybridized carbons (Fsp3) is 0.400. The predicted molar refractivity (Wildman–Crippen MR) is 105 cm³/mol. The topological polar surface area (TPSA) is 66.9 Å². The minimum Gasteiger partial charge on any atom is -0.493 e. The lowest BCUT2D eigenvalue weighted by Gasteiger charge is -2.33. The van der Waals surface area contributed by atoms with Gasteiger partial charge in [-0.3, -0.25) is 4.79 Å². The third-order valence-electron chi connectivity index (χ3n) is 4.75. The number of benzene rings is 1. The van der Waals surface area contributed by atoms with Gasteiger partial charge in [-0.25, -0.2) is 4.98 Å². The highest BCUT2D eigenvalue weighted by molar-refractivity contribution is 5.92. The molecule has 0 unspecified atom stereocenters. The maximum Gasteiger partial charge on any atom is 0.270 e. The Bertz CT molecular complexity index is 771. The molecule has 1 aliphatic heterocycles. The van der Waals surface area contributed by atoms with Crippen molar-refractivity contribution in [2.24, 2.45) is 0 Å². The van der Waals surface area contributed by atoms with E-state index in [-0.39, 0.29) is 5.91 Å². The fourth-order valence-electron chi connectivity index (χ4n) is 3.04. The Kier molecular flexibility index (Phi) is 6.13. The van der Waals surface area contributed by atoms with Gasteiger partial charge in [0.1, 0.15) is 5.69 Å². The Hall–Kier alpha value is -2.80. The molecule has 3 rings (SSSR count). The van der Waals surface area contributed by atoms with E-state index in [2.05, 4.69) is 27.1 Å². The van der Waals surface area contributed by atoms with Gasteiger partial charge in [0.25, 0.3) is 5.91 Å². The van der Waals surface area contributed by atoms with Crippen LogP contribution in [0, 0.1) is 0 Å². The first-order valence-electron chi connectivity index (χ1n) is 8.99. The maximum absolute atomic E-state index is 12.4. The van der Waals surface area contributed by atoms with Gasteiger partial charge in [-0.1, -0.05) is 6.07 Å². The molecule has 2 aromatic rings. The van der Waals surface area contributed by atoms with Gasteiger partial charge in [0.15, 0.2) is 11.5 Å². The van der Waals surface area contributed by atoms with Gasteiger partial charge in [-0.05, 0) is 36.9 Å². The molecule has 2 heterocycles. The van der Waals surface area contributed by atoms with Crippen LogP contribution in [-0.4, -0.2) is 63.2 Å². The number of hydrogen-bond donors (Lipinski definition) is 1. The summed E-state index contributed by atoms with van der Waals surface area (Å²) in [6.07, 6.45) is 1.77. The van der Waals surface area contributed by atoms with Crippen molar-refractivity contribution in [3.05, 3.63) is 47.8 Å². The summed E-state index contributed by atoms with van der Waals surface area (Å²) >= 11 is 0. The Labute approximate surface area is 159 Å². The van der Waals surface area contributed by atoms with E-state index in [4.69, 9.17) is 9.47 Å². The molecule has 0 radical (unpaired) electrons. The number of aromatic nitrogens is 1. The Morgan fingerprint density at radius 2 is 1.81 bits per heavy atom. The molecule has 1 saturated heterocycles. The Balaban J connectivity index is 1.58. The van der Waals surface area contributed by atoms with E-state index in [1.54, 1.807) is 26.5 Å². The predicted octanol–water partition coefficient (Wildman–Crippen LogP) is 1.78. The molecule has 0 saturated carbocycles. The number of anilines is 1. The summed E-state index contributed by atoms with van der Waals surface area (Å²) in [6, 6.07) is 9.30. The Morgan fingerprint density at radius 3 is 2.44 bits per heavy atom. The molecule has 7 nitrogen and oxygen atoms in total. The van der Waals surface area contributed by atoms with Crippen LogP contribution < -0.4 is 19.7 Å². The first-order valence-corrected chi connectivity index (χ1v) is 8.99. The van der Waals surface area contributed by atoms with Crippen LogP contribution in [0.1, 0.15) is 16.1 Å². The molecular weight excluding hydrogens is 344 g/mol. The van der Waals surface area contributed by atoms with Crippen molar-refractivity contribution in [3.63, 3.8) is 0 Å². The van der Waals surface area contributed by atoms with Gasteiger partial charge in [0.05, 0.1) is 26.1 Å². The van der Waals surface area contributed by atoms with Gasteiger partial charge in [-0.2, -0.15) is 0 Å². The second kappa shape index (κ2) is 8.73. The molecular formula is C20H26N4O3. The third-order valence-corrected chi connectivity index (χ3v) is 4.75. The average Bonchev–Trinajstić information content (AvgIpc) is 2.72. The summed E-state index contributed by atoms with van der Waals surface area (Å²) in [7, 11) is 5.31. The number of rotatable bonds is 6. The molecule has 1 N–H and O–H groups in total. The average molecular weight is 370 g/mol. The normalized spacial score (nSPS) is 14.7. The van der Waals surface area contributed by atoms with Crippen LogP contribution in [-0.2, 0) is 6.54 Å². The van der Waals surface area contributed by atoms with Crippen LogP contribution in [0.25, 0.3) is 0 Å². The zero-order chi connectivity index (χ0) is 19.2. The molecule has 144 valence electrons. The number of ether oxygens (including phenoxy) is 2. The summed E-state index contributed by atoms with van der Waals surface area (Å²) < 4.78 is 10.5. The Morgan fingerprint density at radius 1 is 1.07 bits per heavy atom. The summed E-state index contributed by atoms with van der Waals surface area (Å²) in [5.41, 5.74) is 2.39. The highest BCUT2D eigenvalue weighted by Crippen LogP contribution is 2.27. The van der Waals surface area contributed by atoms with Crippen LogP contribution in [0.2, 0.25) is 0 Å². The van der Waals surface area contributed by atoms with E-state index in [9.17, 15) is 4.79 Å². The smallest absolute Gasteiger partial charge is 0.270 e. The second-order valence-electron chi connectivity index (χ2n) is 6.56. The lowest BCUT2D eigenvalue weighted by Crippen LogP contribution is -2.44. The summed E-state index contributed by atoms with van der Waals surface area (Å²) in [5, 5.41) is 2.89. The van der Waals surface area contributed by atoms with E-state index >= 15 is 0 Å². The van der Waals surface area contributed by atoms with Crippen LogP contribution in [0.15, 0.2) is 36.5 Å². The maximum atomic E-state index is 12.4. The zero-order valence-electron chi connectivity index (χ0n) is 16.1. The number of carbonyl (C=O) groups is 1. The molecule has 0 aliphatic carbocycles. The molecule has 1 aromatic carbocycles. The van der Waals surface area contributed by atoms with E-state index in [1.807, 2.05) is 24.3 Å². The number of nitrogens with zero attached hydrogens (tertiary/aromatic N) is 3. The van der Waals surface area contributed by atoms with E-state index in [1.165, 1.54) is 0 Å². The monoisotopic (exact) mass is 370 g/mol. The van der Waals surface area contributed by atoms with Crippen molar-refractivity contribution in [1.82, 2.24) is 15.2 Å². The van der Waals surface area contributed by atoms with Gasteiger partial charge < -0.3 is 24.6 Å². The van der Waals surface area contributed by atoms with E-state index in [0.717, 1.165) is 37.4 Å². The minimum absolute atomic E-state index is 0.199. The van der Waals surface area contributed by atoms with Gasteiger partial charge in [0.2, 0.25) is 0 Å². The first kappa shape index (κ1) is 19.0. The van der Waals surface area contributed by atoms with Crippen LogP contribution in [0.5, 0.6) is 11.5 Å². The fourth-order valence-corrected chi connectivity index (χ4v) is 3.04. The van der Waals surface area contributed by atoms with Crippen LogP contribution >= 0.6 is 0 Å². The van der Waals surface area contributed by atoms with Crippen molar-refractivity contribution < 1.29 is 14.3 Å². The molecule has 0 spiro atoms. The molecule has 1 aromatic heterocycles. The lowest BCUT2D eigenvalue weighted by molar-refractivity contribution is 0.0946. The molecule has 7 heteroatoms. The lowest BCUT2D eigenvalue weighted by atomic mass is 10.2. The minimum atomic E-state index is -0.199. The van der Waals surface area contributed by atoms with E-state index < -0.39 is 0 Å². The summed E-state index contributed by atoms with van der Waals surface area (Å²) in [5.74, 6) is 1.10.